The van der Waals surface area contributed by atoms with Crippen LogP contribution >= 0.6 is 0 Å². The van der Waals surface area contributed by atoms with Gasteiger partial charge in [-0.05, 0) is 12.1 Å². The number of benzene rings is 1. The predicted octanol–water partition coefficient (Wildman–Crippen LogP) is 2.92. The Bertz CT molecular complexity index is 873. The zero-order chi connectivity index (χ0) is 17.1. The molecule has 2 aromatic heterocycles. The Morgan fingerprint density at radius 1 is 1.33 bits per heavy atom. The molecule has 0 atom stereocenters. The molecule has 24 heavy (non-hydrogen) atoms. The van der Waals surface area contributed by atoms with Crippen LogP contribution in [-0.4, -0.2) is 20.7 Å². The zero-order valence-electron chi connectivity index (χ0n) is 12.8. The van der Waals surface area contributed by atoms with Crippen molar-refractivity contribution in [3.63, 3.8) is 0 Å². The Morgan fingerprint density at radius 3 is 2.88 bits per heavy atom. The lowest BCUT2D eigenvalue weighted by atomic mass is 10.2. The molecule has 8 heteroatoms. The number of halogens is 2. The van der Waals surface area contributed by atoms with Crippen molar-refractivity contribution < 1.29 is 18.0 Å². The van der Waals surface area contributed by atoms with Crippen LogP contribution in [0.3, 0.4) is 0 Å². The van der Waals surface area contributed by atoms with Crippen molar-refractivity contribution in [3.05, 3.63) is 54.2 Å². The fraction of sp³-hybridized carbons (Fsp3) is 0.188. The second kappa shape index (κ2) is 6.61. The maximum Gasteiger partial charge on any atom is 0.226 e. The number of carbonyl (C=O) groups is 1. The van der Waals surface area contributed by atoms with Gasteiger partial charge in [-0.3, -0.25) is 9.48 Å². The molecule has 0 aliphatic rings. The molecule has 0 radical (unpaired) electrons. The van der Waals surface area contributed by atoms with Gasteiger partial charge in [0, 0.05) is 38.2 Å². The molecule has 1 aromatic carbocycles. The number of oxazole rings is 1. The lowest BCUT2D eigenvalue weighted by Gasteiger charge is -2.00. The average Bonchev–Trinajstić information content (AvgIpc) is 3.14. The number of aromatic nitrogens is 3. The van der Waals surface area contributed by atoms with Gasteiger partial charge in [-0.1, -0.05) is 0 Å². The summed E-state index contributed by atoms with van der Waals surface area (Å²) in [5, 5.41) is 6.68. The quantitative estimate of drug-likeness (QED) is 0.780. The van der Waals surface area contributed by atoms with Gasteiger partial charge in [0.2, 0.25) is 5.91 Å². The van der Waals surface area contributed by atoms with E-state index in [2.05, 4.69) is 15.4 Å². The number of carbonyl (C=O) groups excluding carboxylic acids is 1. The molecule has 1 amide bonds. The summed E-state index contributed by atoms with van der Waals surface area (Å²) in [6.45, 7) is 0. The summed E-state index contributed by atoms with van der Waals surface area (Å²) in [5.74, 6) is -0.685. The van der Waals surface area contributed by atoms with Crippen LogP contribution in [0.1, 0.15) is 12.3 Å². The SMILES string of the molecule is Cn1ccc(NC(=O)CCc2ncc(-c3ccc(F)cc3F)o2)n1. The predicted molar refractivity (Wildman–Crippen MR) is 82.0 cm³/mol. The van der Waals surface area contributed by atoms with Crippen molar-refractivity contribution in [1.29, 1.82) is 0 Å². The number of anilines is 1. The first kappa shape index (κ1) is 15.9. The van der Waals surface area contributed by atoms with Gasteiger partial charge in [0.1, 0.15) is 11.6 Å². The summed E-state index contributed by atoms with van der Waals surface area (Å²) >= 11 is 0. The highest BCUT2D eigenvalue weighted by molar-refractivity contribution is 5.89. The van der Waals surface area contributed by atoms with E-state index in [1.54, 1.807) is 24.0 Å². The van der Waals surface area contributed by atoms with Gasteiger partial charge in [-0.25, -0.2) is 13.8 Å². The van der Waals surface area contributed by atoms with Gasteiger partial charge in [0.05, 0.1) is 11.8 Å². The summed E-state index contributed by atoms with van der Waals surface area (Å²) < 4.78 is 33.6. The number of amides is 1. The smallest absolute Gasteiger partial charge is 0.226 e. The molecule has 2 heterocycles. The molecule has 0 fully saturated rings. The molecule has 3 aromatic rings. The monoisotopic (exact) mass is 332 g/mol. The highest BCUT2D eigenvalue weighted by Gasteiger charge is 2.13. The van der Waals surface area contributed by atoms with Crippen LogP contribution in [0.25, 0.3) is 11.3 Å². The van der Waals surface area contributed by atoms with Crippen LogP contribution in [0.15, 0.2) is 41.1 Å². The number of nitrogens with one attached hydrogen (secondary N) is 1. The molecule has 3 rings (SSSR count). The van der Waals surface area contributed by atoms with Crippen molar-refractivity contribution in [3.8, 4) is 11.3 Å². The van der Waals surface area contributed by atoms with E-state index in [9.17, 15) is 13.6 Å². The molecule has 0 aliphatic carbocycles. The van der Waals surface area contributed by atoms with Crippen LogP contribution in [-0.2, 0) is 18.3 Å². The first-order valence-electron chi connectivity index (χ1n) is 7.21. The van der Waals surface area contributed by atoms with Gasteiger partial charge < -0.3 is 9.73 Å². The summed E-state index contributed by atoms with van der Waals surface area (Å²) in [4.78, 5) is 15.8. The van der Waals surface area contributed by atoms with E-state index < -0.39 is 11.6 Å². The van der Waals surface area contributed by atoms with Gasteiger partial charge in [0.25, 0.3) is 0 Å². The molecule has 0 saturated carbocycles. The third kappa shape index (κ3) is 3.65. The second-order valence-corrected chi connectivity index (χ2v) is 5.17. The number of hydrogen-bond donors (Lipinski definition) is 1. The van der Waals surface area contributed by atoms with E-state index in [0.29, 0.717) is 11.7 Å². The first-order chi connectivity index (χ1) is 11.5. The van der Waals surface area contributed by atoms with Gasteiger partial charge in [-0.2, -0.15) is 5.10 Å². The normalized spacial score (nSPS) is 10.8. The van der Waals surface area contributed by atoms with Crippen LogP contribution in [0.2, 0.25) is 0 Å². The van der Waals surface area contributed by atoms with E-state index in [0.717, 1.165) is 12.1 Å². The molecule has 0 bridgehead atoms. The lowest BCUT2D eigenvalue weighted by molar-refractivity contribution is -0.116. The fourth-order valence-electron chi connectivity index (χ4n) is 2.15. The average molecular weight is 332 g/mol. The maximum atomic E-state index is 13.7. The second-order valence-electron chi connectivity index (χ2n) is 5.17. The number of hydrogen-bond acceptors (Lipinski definition) is 4. The first-order valence-corrected chi connectivity index (χ1v) is 7.21. The van der Waals surface area contributed by atoms with E-state index in [-0.39, 0.29) is 30.1 Å². The van der Waals surface area contributed by atoms with E-state index in [1.165, 1.54) is 12.3 Å². The zero-order valence-corrected chi connectivity index (χ0v) is 12.8. The Labute approximate surface area is 136 Å². The van der Waals surface area contributed by atoms with Crippen LogP contribution < -0.4 is 5.32 Å². The Morgan fingerprint density at radius 2 is 2.17 bits per heavy atom. The van der Waals surface area contributed by atoms with Gasteiger partial charge in [-0.15, -0.1) is 0 Å². The Kier molecular flexibility index (Phi) is 4.37. The maximum absolute atomic E-state index is 13.7. The molecule has 0 saturated heterocycles. The molecule has 6 nitrogen and oxygen atoms in total. The molecular formula is C16H14F2N4O2. The van der Waals surface area contributed by atoms with Gasteiger partial charge in [0.15, 0.2) is 17.5 Å². The number of aryl methyl sites for hydroxylation is 2. The Balaban J connectivity index is 1.60. The molecule has 0 aliphatic heterocycles. The topological polar surface area (TPSA) is 73.0 Å². The van der Waals surface area contributed by atoms with Crippen molar-refractivity contribution in [1.82, 2.24) is 14.8 Å². The molecule has 0 unspecified atom stereocenters. The summed E-state index contributed by atoms with van der Waals surface area (Å²) in [6.07, 6.45) is 3.46. The number of nitrogens with zero attached hydrogens (tertiary/aromatic N) is 3. The van der Waals surface area contributed by atoms with E-state index in [1.807, 2.05) is 0 Å². The summed E-state index contributed by atoms with van der Waals surface area (Å²) in [6, 6.07) is 4.87. The molecule has 0 spiro atoms. The third-order valence-corrected chi connectivity index (χ3v) is 3.30. The van der Waals surface area contributed by atoms with Crippen LogP contribution in [0.4, 0.5) is 14.6 Å². The minimum atomic E-state index is -0.731. The van der Waals surface area contributed by atoms with Crippen LogP contribution in [0, 0.1) is 11.6 Å². The summed E-state index contributed by atoms with van der Waals surface area (Å²) in [5.41, 5.74) is 0.119. The molecule has 124 valence electrons. The minimum absolute atomic E-state index is 0.119. The van der Waals surface area contributed by atoms with Crippen LogP contribution in [0.5, 0.6) is 0 Å². The molecular weight excluding hydrogens is 318 g/mol. The van der Waals surface area contributed by atoms with Gasteiger partial charge >= 0.3 is 0 Å². The van der Waals surface area contributed by atoms with Crippen molar-refractivity contribution in [2.75, 3.05) is 5.32 Å². The highest BCUT2D eigenvalue weighted by Crippen LogP contribution is 2.24. The standard InChI is InChI=1S/C16H14F2N4O2/c1-22-7-6-14(21-22)20-15(23)4-5-16-19-9-13(24-16)11-3-2-10(17)8-12(11)18/h2-3,6-9H,4-5H2,1H3,(H,20,21,23). The highest BCUT2D eigenvalue weighted by atomic mass is 19.1. The lowest BCUT2D eigenvalue weighted by Crippen LogP contribution is -2.13. The van der Waals surface area contributed by atoms with Crippen molar-refractivity contribution in [2.24, 2.45) is 7.05 Å². The van der Waals surface area contributed by atoms with Crippen molar-refractivity contribution >= 4 is 11.7 Å². The summed E-state index contributed by atoms with van der Waals surface area (Å²) in [7, 11) is 1.75. The third-order valence-electron chi connectivity index (χ3n) is 3.30. The van der Waals surface area contributed by atoms with Crippen molar-refractivity contribution in [2.45, 2.75) is 12.8 Å². The van der Waals surface area contributed by atoms with E-state index >= 15 is 0 Å². The largest absolute Gasteiger partial charge is 0.441 e. The number of rotatable bonds is 5. The van der Waals surface area contributed by atoms with E-state index in [4.69, 9.17) is 4.42 Å². The fourth-order valence-corrected chi connectivity index (χ4v) is 2.15. The Hall–Kier alpha value is -3.03. The molecule has 1 N–H and O–H groups in total. The minimum Gasteiger partial charge on any atom is -0.441 e.